The molecule has 0 N–H and O–H groups in total. The van der Waals surface area contributed by atoms with Crippen LogP contribution in [0.3, 0.4) is 0 Å². The van der Waals surface area contributed by atoms with Gasteiger partial charge in [0.15, 0.2) is 5.82 Å². The smallest absolute Gasteiger partial charge is 0.231 e. The van der Waals surface area contributed by atoms with Crippen LogP contribution in [0.2, 0.25) is 0 Å². The van der Waals surface area contributed by atoms with Crippen molar-refractivity contribution in [3.05, 3.63) is 47.6 Å². The van der Waals surface area contributed by atoms with Gasteiger partial charge in [0.1, 0.15) is 0 Å². The van der Waals surface area contributed by atoms with E-state index in [-0.39, 0.29) is 11.7 Å². The lowest BCUT2D eigenvalue weighted by atomic mass is 10.1. The summed E-state index contributed by atoms with van der Waals surface area (Å²) < 4.78 is 32.0. The molecule has 1 aliphatic heterocycles. The van der Waals surface area contributed by atoms with Gasteiger partial charge in [-0.25, -0.2) is 12.7 Å². The fourth-order valence-electron chi connectivity index (χ4n) is 2.98. The van der Waals surface area contributed by atoms with Crippen LogP contribution in [0.15, 0.2) is 34.9 Å². The number of rotatable bonds is 5. The standard InChI is InChI=1S/C16H19N3O3S/c20-23(21,11-12-4-2-1-3-5-12)19-9-8-14(10-19)16-17-15(18-22-16)13-6-7-13/h1-5,13-14H,6-11H2/t14-/m1/s1. The van der Waals surface area contributed by atoms with E-state index in [9.17, 15) is 8.42 Å². The summed E-state index contributed by atoms with van der Waals surface area (Å²) in [5.41, 5.74) is 0.810. The molecule has 23 heavy (non-hydrogen) atoms. The third-order valence-electron chi connectivity index (χ3n) is 4.49. The average molecular weight is 333 g/mol. The molecule has 7 heteroatoms. The molecule has 122 valence electrons. The minimum atomic E-state index is -3.31. The Hall–Kier alpha value is -1.73. The number of hydrogen-bond acceptors (Lipinski definition) is 5. The van der Waals surface area contributed by atoms with Crippen LogP contribution in [0.1, 0.15) is 48.4 Å². The third-order valence-corrected chi connectivity index (χ3v) is 6.30. The third kappa shape index (κ3) is 3.16. The summed E-state index contributed by atoms with van der Waals surface area (Å²) in [5.74, 6) is 1.87. The maximum atomic E-state index is 12.6. The Morgan fingerprint density at radius 2 is 1.91 bits per heavy atom. The van der Waals surface area contributed by atoms with E-state index in [1.165, 1.54) is 0 Å². The van der Waals surface area contributed by atoms with Crippen molar-refractivity contribution in [3.8, 4) is 0 Å². The zero-order chi connectivity index (χ0) is 15.9. The normalized spacial score (nSPS) is 22.5. The summed E-state index contributed by atoms with van der Waals surface area (Å²) >= 11 is 0. The van der Waals surface area contributed by atoms with E-state index in [4.69, 9.17) is 4.52 Å². The summed E-state index contributed by atoms with van der Waals surface area (Å²) in [4.78, 5) is 4.46. The van der Waals surface area contributed by atoms with Crippen molar-refractivity contribution in [1.29, 1.82) is 0 Å². The summed E-state index contributed by atoms with van der Waals surface area (Å²) in [5, 5.41) is 4.02. The topological polar surface area (TPSA) is 76.3 Å². The van der Waals surface area contributed by atoms with Crippen molar-refractivity contribution in [3.63, 3.8) is 0 Å². The zero-order valence-corrected chi connectivity index (χ0v) is 13.6. The molecule has 1 aromatic heterocycles. The van der Waals surface area contributed by atoms with Crippen LogP contribution in [-0.2, 0) is 15.8 Å². The quantitative estimate of drug-likeness (QED) is 0.839. The molecule has 0 unspecified atom stereocenters. The number of sulfonamides is 1. The van der Waals surface area contributed by atoms with Crippen LogP contribution in [0, 0.1) is 0 Å². The first-order valence-corrected chi connectivity index (χ1v) is 9.58. The van der Waals surface area contributed by atoms with E-state index in [0.29, 0.717) is 24.9 Å². The van der Waals surface area contributed by atoms with Crippen molar-refractivity contribution in [2.75, 3.05) is 13.1 Å². The number of benzene rings is 1. The van der Waals surface area contributed by atoms with Crippen molar-refractivity contribution in [1.82, 2.24) is 14.4 Å². The van der Waals surface area contributed by atoms with Crippen LogP contribution in [-0.4, -0.2) is 36.0 Å². The van der Waals surface area contributed by atoms with Gasteiger partial charge in [-0.05, 0) is 24.8 Å². The molecular formula is C16H19N3O3S. The highest BCUT2D eigenvalue weighted by molar-refractivity contribution is 7.88. The summed E-state index contributed by atoms with van der Waals surface area (Å²) in [6.07, 6.45) is 2.99. The van der Waals surface area contributed by atoms with Crippen LogP contribution in [0.25, 0.3) is 0 Å². The Morgan fingerprint density at radius 1 is 1.13 bits per heavy atom. The molecule has 4 rings (SSSR count). The Kier molecular flexibility index (Phi) is 3.69. The fraction of sp³-hybridized carbons (Fsp3) is 0.500. The van der Waals surface area contributed by atoms with Crippen LogP contribution >= 0.6 is 0 Å². The van der Waals surface area contributed by atoms with E-state index >= 15 is 0 Å². The average Bonchev–Trinajstić information content (AvgIpc) is 3.07. The van der Waals surface area contributed by atoms with E-state index in [0.717, 1.165) is 30.7 Å². The van der Waals surface area contributed by atoms with E-state index < -0.39 is 10.0 Å². The van der Waals surface area contributed by atoms with E-state index in [1.54, 1.807) is 4.31 Å². The highest BCUT2D eigenvalue weighted by Crippen LogP contribution is 2.39. The number of aromatic nitrogens is 2. The minimum Gasteiger partial charge on any atom is -0.339 e. The molecular weight excluding hydrogens is 314 g/mol. The first-order valence-electron chi connectivity index (χ1n) is 7.97. The molecule has 2 fully saturated rings. The molecule has 0 bridgehead atoms. The second-order valence-electron chi connectivity index (χ2n) is 6.35. The molecule has 0 radical (unpaired) electrons. The van der Waals surface area contributed by atoms with Gasteiger partial charge in [-0.15, -0.1) is 0 Å². The van der Waals surface area contributed by atoms with Crippen molar-refractivity contribution >= 4 is 10.0 Å². The summed E-state index contributed by atoms with van der Waals surface area (Å²) in [6, 6.07) is 9.27. The largest absolute Gasteiger partial charge is 0.339 e. The van der Waals surface area contributed by atoms with Gasteiger partial charge in [0, 0.05) is 19.0 Å². The fourth-order valence-corrected chi connectivity index (χ4v) is 4.57. The summed E-state index contributed by atoms with van der Waals surface area (Å²) in [7, 11) is -3.31. The van der Waals surface area contributed by atoms with Crippen LogP contribution in [0.4, 0.5) is 0 Å². The molecule has 2 aliphatic rings. The molecule has 0 spiro atoms. The SMILES string of the molecule is O=S(=O)(Cc1ccccc1)N1CC[C@@H](c2nc(C3CC3)no2)C1. The minimum absolute atomic E-state index is 0.0144. The lowest BCUT2D eigenvalue weighted by molar-refractivity contribution is 0.350. The van der Waals surface area contributed by atoms with Crippen molar-refractivity contribution in [2.24, 2.45) is 0 Å². The van der Waals surface area contributed by atoms with Gasteiger partial charge in [-0.2, -0.15) is 4.98 Å². The first-order chi connectivity index (χ1) is 11.1. The molecule has 1 aromatic carbocycles. The molecule has 2 heterocycles. The molecule has 2 aromatic rings. The monoisotopic (exact) mass is 333 g/mol. The number of hydrogen-bond donors (Lipinski definition) is 0. The molecule has 1 atom stereocenters. The molecule has 1 saturated carbocycles. The van der Waals surface area contributed by atoms with Gasteiger partial charge in [-0.3, -0.25) is 0 Å². The molecule has 1 aliphatic carbocycles. The highest BCUT2D eigenvalue weighted by Gasteiger charge is 2.36. The first kappa shape index (κ1) is 14.8. The maximum Gasteiger partial charge on any atom is 0.231 e. The van der Waals surface area contributed by atoms with E-state index in [1.807, 2.05) is 30.3 Å². The molecule has 6 nitrogen and oxygen atoms in total. The van der Waals surface area contributed by atoms with Crippen LogP contribution in [0.5, 0.6) is 0 Å². The second kappa shape index (κ2) is 5.72. The van der Waals surface area contributed by atoms with Gasteiger partial charge in [-0.1, -0.05) is 35.5 Å². The Balaban J connectivity index is 1.44. The Bertz CT molecular complexity index is 784. The highest BCUT2D eigenvalue weighted by atomic mass is 32.2. The maximum absolute atomic E-state index is 12.6. The van der Waals surface area contributed by atoms with Gasteiger partial charge < -0.3 is 4.52 Å². The number of nitrogens with zero attached hydrogens (tertiary/aromatic N) is 3. The second-order valence-corrected chi connectivity index (χ2v) is 8.32. The Morgan fingerprint density at radius 3 is 2.65 bits per heavy atom. The van der Waals surface area contributed by atoms with Gasteiger partial charge in [0.05, 0.1) is 11.7 Å². The molecule has 0 amide bonds. The predicted octanol–water partition coefficient (Wildman–Crippen LogP) is 2.27. The molecule has 1 saturated heterocycles. The zero-order valence-electron chi connectivity index (χ0n) is 12.8. The summed E-state index contributed by atoms with van der Waals surface area (Å²) in [6.45, 7) is 0.947. The predicted molar refractivity (Wildman–Crippen MR) is 84.3 cm³/mol. The van der Waals surface area contributed by atoms with Crippen molar-refractivity contribution in [2.45, 2.75) is 36.9 Å². The van der Waals surface area contributed by atoms with E-state index in [2.05, 4.69) is 10.1 Å². The van der Waals surface area contributed by atoms with Crippen molar-refractivity contribution < 1.29 is 12.9 Å². The Labute approximate surface area is 135 Å². The van der Waals surface area contributed by atoms with Gasteiger partial charge in [0.25, 0.3) is 0 Å². The van der Waals surface area contributed by atoms with Gasteiger partial charge in [0.2, 0.25) is 15.9 Å². The van der Waals surface area contributed by atoms with Gasteiger partial charge >= 0.3 is 0 Å². The van der Waals surface area contributed by atoms with Crippen LogP contribution < -0.4 is 0 Å². The lowest BCUT2D eigenvalue weighted by Gasteiger charge is -2.15. The lowest BCUT2D eigenvalue weighted by Crippen LogP contribution is -2.29.